The summed E-state index contributed by atoms with van der Waals surface area (Å²) in [6.45, 7) is 6.55. The van der Waals surface area contributed by atoms with E-state index in [0.29, 0.717) is 0 Å². The molecule has 0 saturated carbocycles. The van der Waals surface area contributed by atoms with E-state index in [0.717, 1.165) is 77.3 Å². The van der Waals surface area contributed by atoms with E-state index in [1.54, 1.807) is 0 Å². The van der Waals surface area contributed by atoms with Crippen molar-refractivity contribution in [3.63, 3.8) is 0 Å². The van der Waals surface area contributed by atoms with Crippen molar-refractivity contribution in [2.75, 3.05) is 0 Å². The van der Waals surface area contributed by atoms with Crippen LogP contribution in [0.5, 0.6) is 0 Å². The van der Waals surface area contributed by atoms with Gasteiger partial charge in [0.05, 0.1) is 10.9 Å². The number of rotatable bonds is 0. The first-order valence-corrected chi connectivity index (χ1v) is 15.1. The Morgan fingerprint density at radius 1 is 0.568 bits per heavy atom. The predicted molar refractivity (Wildman–Crippen MR) is 166 cm³/mol. The molecule has 206 valence electrons. The minimum Gasteiger partial charge on any atom is -0.228 e. The third kappa shape index (κ3) is 1.99. The van der Waals surface area contributed by atoms with Crippen molar-refractivity contribution >= 4 is 49.8 Å². The van der Waals surface area contributed by atoms with E-state index in [-0.39, 0.29) is 6.17 Å². The van der Waals surface area contributed by atoms with Gasteiger partial charge >= 0.3 is 11.7 Å². The highest BCUT2D eigenvalue weighted by Crippen LogP contribution is 2.51. The summed E-state index contributed by atoms with van der Waals surface area (Å²) in [7, 11) is 0. The second-order valence-corrected chi connectivity index (χ2v) is 12.7. The zero-order valence-electron chi connectivity index (χ0n) is 24.2. The summed E-state index contributed by atoms with van der Waals surface area (Å²) < 4.78 is 9.62. The van der Waals surface area contributed by atoms with Crippen LogP contribution in [0.25, 0.3) is 32.3 Å². The highest BCUT2D eigenvalue weighted by molar-refractivity contribution is 6.04. The van der Waals surface area contributed by atoms with Crippen LogP contribution >= 0.6 is 0 Å². The third-order valence-corrected chi connectivity index (χ3v) is 10.5. The molecule has 0 N–H and O–H groups in total. The van der Waals surface area contributed by atoms with Gasteiger partial charge in [-0.1, -0.05) is 66.7 Å². The van der Waals surface area contributed by atoms with E-state index >= 15 is 0 Å². The molecule has 12 rings (SSSR count). The van der Waals surface area contributed by atoms with Crippen LogP contribution in [0.4, 0.5) is 11.6 Å². The third-order valence-electron chi connectivity index (χ3n) is 10.5. The van der Waals surface area contributed by atoms with Gasteiger partial charge in [0.2, 0.25) is 6.17 Å². The molecule has 2 unspecified atom stereocenters. The summed E-state index contributed by atoms with van der Waals surface area (Å²) in [5.74, 6) is 1.89. The van der Waals surface area contributed by atoms with E-state index in [9.17, 15) is 0 Å². The smallest absolute Gasteiger partial charge is 0.228 e. The maximum atomic E-state index is 5.58. The van der Waals surface area contributed by atoms with Gasteiger partial charge in [-0.2, -0.15) is 4.58 Å². The number of amidine groups is 1. The van der Waals surface area contributed by atoms with Crippen LogP contribution < -0.4 is 22.0 Å². The number of nitrogens with zero attached hydrogens (tertiary/aromatic N) is 8. The van der Waals surface area contributed by atoms with Crippen molar-refractivity contribution in [2.24, 2.45) is 20.0 Å². The molecular formula is C36H23N8+. The van der Waals surface area contributed by atoms with Crippen LogP contribution in [0, 0.1) is 20.8 Å². The Morgan fingerprint density at radius 3 is 1.93 bits per heavy atom. The minimum atomic E-state index is -0.908. The molecule has 0 bridgehead atoms. The lowest BCUT2D eigenvalue weighted by Crippen LogP contribution is -2.72. The first kappa shape index (κ1) is 22.0. The van der Waals surface area contributed by atoms with Crippen LogP contribution in [-0.2, 0) is 5.91 Å². The number of aryl methyl sites for hydroxylation is 3. The Balaban J connectivity index is 1.50. The summed E-state index contributed by atoms with van der Waals surface area (Å²) >= 11 is 0. The zero-order valence-corrected chi connectivity index (χ0v) is 24.2. The fraction of sp³-hybridized carbons (Fsp3) is 0.139. The summed E-state index contributed by atoms with van der Waals surface area (Å²) in [5, 5.41) is 6.78. The Morgan fingerprint density at radius 2 is 1.18 bits per heavy atom. The van der Waals surface area contributed by atoms with Crippen molar-refractivity contribution in [2.45, 2.75) is 32.8 Å². The average molecular weight is 568 g/mol. The monoisotopic (exact) mass is 567 g/mol. The molecule has 2 atom stereocenters. The van der Waals surface area contributed by atoms with Gasteiger partial charge in [-0.3, -0.25) is 0 Å². The SMILES string of the molecule is Cc1cccc2c3n4c(c12)N=c1c2c(C)cccc2c2n1C41n4c(c5cccc(C)c5c4=N3)=NC3c4ccccc4C(=[N+]31)N=2. The minimum absolute atomic E-state index is 0.264. The zero-order chi connectivity index (χ0) is 28.8. The molecule has 8 nitrogen and oxygen atoms in total. The maximum absolute atomic E-state index is 5.58. The van der Waals surface area contributed by atoms with Crippen molar-refractivity contribution in [3.8, 4) is 0 Å². The van der Waals surface area contributed by atoms with E-state index in [1.165, 1.54) is 22.3 Å². The van der Waals surface area contributed by atoms with Gasteiger partial charge < -0.3 is 0 Å². The van der Waals surface area contributed by atoms with Crippen molar-refractivity contribution in [1.29, 1.82) is 0 Å². The van der Waals surface area contributed by atoms with Gasteiger partial charge in [0.25, 0.3) is 5.49 Å². The van der Waals surface area contributed by atoms with Crippen LogP contribution in [0.2, 0.25) is 0 Å². The van der Waals surface area contributed by atoms with E-state index in [4.69, 9.17) is 20.0 Å². The van der Waals surface area contributed by atoms with E-state index < -0.39 is 5.91 Å². The number of aromatic nitrogens is 3. The Kier molecular flexibility index (Phi) is 3.31. The molecule has 8 heterocycles. The predicted octanol–water partition coefficient (Wildman–Crippen LogP) is 4.41. The second kappa shape index (κ2) is 6.63. The summed E-state index contributed by atoms with van der Waals surface area (Å²) in [4.78, 5) is 22.2. The Hall–Kier alpha value is -5.63. The Labute approximate surface area is 249 Å². The fourth-order valence-electron chi connectivity index (χ4n) is 8.87. The topological polar surface area (TPSA) is 67.2 Å². The van der Waals surface area contributed by atoms with Gasteiger partial charge in [0, 0.05) is 32.5 Å². The van der Waals surface area contributed by atoms with E-state index in [1.807, 2.05) is 0 Å². The molecule has 8 heteroatoms. The molecule has 4 aromatic carbocycles. The molecule has 3 aromatic heterocycles. The summed E-state index contributed by atoms with van der Waals surface area (Å²) in [6, 6.07) is 28.2. The lowest BCUT2D eigenvalue weighted by molar-refractivity contribution is -0.694. The van der Waals surface area contributed by atoms with Gasteiger partial charge in [-0.25, -0.2) is 28.7 Å². The van der Waals surface area contributed by atoms with Crippen molar-refractivity contribution in [3.05, 3.63) is 129 Å². The molecule has 0 amide bonds. The van der Waals surface area contributed by atoms with Crippen molar-refractivity contribution < 1.29 is 4.58 Å². The highest BCUT2D eigenvalue weighted by atomic mass is 15.7. The van der Waals surface area contributed by atoms with Gasteiger partial charge in [-0.15, -0.1) is 0 Å². The number of benzene rings is 4. The first-order valence-electron chi connectivity index (χ1n) is 15.1. The summed E-state index contributed by atoms with van der Waals surface area (Å²) in [6.07, 6.45) is -0.264. The molecule has 5 aliphatic rings. The molecule has 0 fully saturated rings. The quantitative estimate of drug-likeness (QED) is 0.244. The highest BCUT2D eigenvalue weighted by Gasteiger charge is 2.64. The largest absolute Gasteiger partial charge is 0.373 e. The summed E-state index contributed by atoms with van der Waals surface area (Å²) in [5.41, 5.74) is 9.59. The normalized spacial score (nSPS) is 20.7. The number of fused-ring (bicyclic) bond motifs is 12. The van der Waals surface area contributed by atoms with Crippen LogP contribution in [0.1, 0.15) is 34.0 Å². The molecule has 1 spiro atoms. The molecule has 0 radical (unpaired) electrons. The van der Waals surface area contributed by atoms with Gasteiger partial charge in [-0.05, 0) is 54.6 Å². The molecule has 0 saturated heterocycles. The first-order chi connectivity index (χ1) is 21.6. The maximum Gasteiger partial charge on any atom is 0.373 e. The van der Waals surface area contributed by atoms with Gasteiger partial charge in [0.15, 0.2) is 22.6 Å². The second-order valence-electron chi connectivity index (χ2n) is 12.7. The number of hydrogen-bond acceptors (Lipinski definition) is 4. The van der Waals surface area contributed by atoms with Crippen LogP contribution in [0.15, 0.2) is 98.8 Å². The molecule has 5 aliphatic heterocycles. The van der Waals surface area contributed by atoms with Crippen molar-refractivity contribution in [1.82, 2.24) is 13.7 Å². The Bertz CT molecular complexity index is 2930. The van der Waals surface area contributed by atoms with E-state index in [2.05, 4.69) is 118 Å². The molecule has 44 heavy (non-hydrogen) atoms. The number of hydrogen-bond donors (Lipinski definition) is 0. The fourth-order valence-corrected chi connectivity index (χ4v) is 8.87. The molecule has 0 aliphatic carbocycles. The lowest BCUT2D eigenvalue weighted by atomic mass is 10.1. The molecule has 7 aromatic rings. The standard InChI is InChI=1S/C36H23N8/c1-17-9-6-14-22-25(17)33-39-32-24-16-8-11-19(3)27(24)35-40-34-26-18(2)10-7-15-23(26)31-38-29-21-13-5-4-12-20(21)28-37-30(22)42(33)36(41(28)29,43(31)34)44(32)35/h4-16,28H,1-3H3/q+1. The lowest BCUT2D eigenvalue weighted by Gasteiger charge is -2.43. The molecular weight excluding hydrogens is 544 g/mol. The average Bonchev–Trinajstić information content (AvgIpc) is 3.75. The van der Waals surface area contributed by atoms with Crippen LogP contribution in [-0.4, -0.2) is 24.1 Å². The van der Waals surface area contributed by atoms with Crippen LogP contribution in [0.3, 0.4) is 0 Å². The van der Waals surface area contributed by atoms with Gasteiger partial charge in [0.1, 0.15) is 5.49 Å².